The fourth-order valence-electron chi connectivity index (χ4n) is 2.38. The van der Waals surface area contributed by atoms with Crippen LogP contribution in [0.4, 0.5) is 10.3 Å². The molecule has 0 fully saturated rings. The Morgan fingerprint density at radius 3 is 2.53 bits per heavy atom. The van der Waals surface area contributed by atoms with Gasteiger partial charge in [0.15, 0.2) is 5.65 Å². The molecule has 2 rings (SSSR count). The molecule has 0 aromatic carbocycles. The number of nitrogens with zero attached hydrogens (tertiary/aromatic N) is 3. The van der Waals surface area contributed by atoms with Crippen LogP contribution in [0.3, 0.4) is 0 Å². The van der Waals surface area contributed by atoms with E-state index in [1.807, 2.05) is 0 Å². The molecule has 0 spiro atoms. The normalized spacial score (nSPS) is 12.0. The number of halogens is 1. The SMILES string of the molecule is CC(C)C(CNc1nc2ccc(F)cn2n1)C(C)C. The van der Waals surface area contributed by atoms with E-state index >= 15 is 0 Å². The summed E-state index contributed by atoms with van der Waals surface area (Å²) in [7, 11) is 0. The zero-order valence-electron chi connectivity index (χ0n) is 11.9. The molecule has 0 amide bonds. The third-order valence-corrected chi connectivity index (χ3v) is 3.50. The summed E-state index contributed by atoms with van der Waals surface area (Å²) in [5.41, 5.74) is 0.648. The van der Waals surface area contributed by atoms with Gasteiger partial charge in [-0.05, 0) is 29.9 Å². The van der Waals surface area contributed by atoms with Crippen LogP contribution in [0.15, 0.2) is 18.3 Å². The van der Waals surface area contributed by atoms with Gasteiger partial charge in [-0.25, -0.2) is 8.91 Å². The molecule has 19 heavy (non-hydrogen) atoms. The van der Waals surface area contributed by atoms with Crippen LogP contribution in [0, 0.1) is 23.6 Å². The molecule has 0 aliphatic carbocycles. The van der Waals surface area contributed by atoms with Crippen LogP contribution < -0.4 is 5.32 Å². The molecule has 0 radical (unpaired) electrons. The number of aromatic nitrogens is 3. The van der Waals surface area contributed by atoms with Crippen molar-refractivity contribution in [1.82, 2.24) is 14.6 Å². The Morgan fingerprint density at radius 2 is 1.89 bits per heavy atom. The monoisotopic (exact) mass is 264 g/mol. The Hall–Kier alpha value is -1.65. The lowest BCUT2D eigenvalue weighted by Gasteiger charge is -2.24. The van der Waals surface area contributed by atoms with Crippen molar-refractivity contribution in [2.45, 2.75) is 27.7 Å². The van der Waals surface area contributed by atoms with Crippen molar-refractivity contribution < 1.29 is 4.39 Å². The molecule has 0 aliphatic rings. The summed E-state index contributed by atoms with van der Waals surface area (Å²) in [5, 5.41) is 7.47. The first kappa shape index (κ1) is 13.8. The number of anilines is 1. The quantitative estimate of drug-likeness (QED) is 0.901. The fourth-order valence-corrected chi connectivity index (χ4v) is 2.38. The van der Waals surface area contributed by atoms with E-state index in [4.69, 9.17) is 0 Å². The molecule has 4 nitrogen and oxygen atoms in total. The number of hydrogen-bond acceptors (Lipinski definition) is 3. The smallest absolute Gasteiger partial charge is 0.243 e. The van der Waals surface area contributed by atoms with Gasteiger partial charge in [0.05, 0.1) is 6.20 Å². The van der Waals surface area contributed by atoms with Crippen LogP contribution in [0.1, 0.15) is 27.7 Å². The zero-order valence-corrected chi connectivity index (χ0v) is 11.9. The number of fused-ring (bicyclic) bond motifs is 1. The topological polar surface area (TPSA) is 42.2 Å². The molecule has 0 saturated heterocycles. The number of hydrogen-bond donors (Lipinski definition) is 1. The van der Waals surface area contributed by atoms with Crippen molar-refractivity contribution in [2.75, 3.05) is 11.9 Å². The molecule has 1 N–H and O–H groups in total. The van der Waals surface area contributed by atoms with Gasteiger partial charge in [-0.1, -0.05) is 27.7 Å². The molecule has 104 valence electrons. The van der Waals surface area contributed by atoms with Crippen molar-refractivity contribution in [3.8, 4) is 0 Å². The second-order valence-corrected chi connectivity index (χ2v) is 5.62. The highest BCUT2D eigenvalue weighted by atomic mass is 19.1. The zero-order chi connectivity index (χ0) is 14.0. The van der Waals surface area contributed by atoms with Crippen molar-refractivity contribution in [2.24, 2.45) is 17.8 Å². The predicted octanol–water partition coefficient (Wildman–Crippen LogP) is 3.21. The van der Waals surface area contributed by atoms with E-state index in [9.17, 15) is 4.39 Å². The van der Waals surface area contributed by atoms with Crippen molar-refractivity contribution in [3.05, 3.63) is 24.1 Å². The molecule has 5 heteroatoms. The highest BCUT2D eigenvalue weighted by Gasteiger charge is 2.17. The second kappa shape index (κ2) is 5.55. The van der Waals surface area contributed by atoms with Gasteiger partial charge in [0.25, 0.3) is 0 Å². The summed E-state index contributed by atoms with van der Waals surface area (Å²) in [5.74, 6) is 2.00. The Bertz CT molecular complexity index is 539. The Labute approximate surface area is 113 Å². The molecule has 2 aromatic rings. The Morgan fingerprint density at radius 1 is 1.21 bits per heavy atom. The molecule has 0 unspecified atom stereocenters. The van der Waals surface area contributed by atoms with Crippen LogP contribution in [-0.4, -0.2) is 21.1 Å². The summed E-state index contributed by atoms with van der Waals surface area (Å²) in [6, 6.07) is 3.01. The molecule has 2 heterocycles. The molecule has 0 saturated carbocycles. The van der Waals surface area contributed by atoms with E-state index in [0.29, 0.717) is 29.3 Å². The largest absolute Gasteiger partial charge is 0.353 e. The van der Waals surface area contributed by atoms with Gasteiger partial charge in [0, 0.05) is 6.54 Å². The van der Waals surface area contributed by atoms with E-state index in [1.165, 1.54) is 16.8 Å². The van der Waals surface area contributed by atoms with E-state index in [2.05, 4.69) is 43.1 Å². The summed E-state index contributed by atoms with van der Waals surface area (Å²) < 4.78 is 14.5. The number of pyridine rings is 1. The lowest BCUT2D eigenvalue weighted by atomic mass is 9.85. The van der Waals surface area contributed by atoms with E-state index < -0.39 is 0 Å². The predicted molar refractivity (Wildman–Crippen MR) is 74.6 cm³/mol. The van der Waals surface area contributed by atoms with Gasteiger partial charge in [0.2, 0.25) is 5.95 Å². The van der Waals surface area contributed by atoms with Crippen LogP contribution in [-0.2, 0) is 0 Å². The van der Waals surface area contributed by atoms with E-state index in [0.717, 1.165) is 6.54 Å². The minimum Gasteiger partial charge on any atom is -0.353 e. The van der Waals surface area contributed by atoms with Crippen molar-refractivity contribution in [3.63, 3.8) is 0 Å². The first-order valence-corrected chi connectivity index (χ1v) is 6.73. The number of rotatable bonds is 5. The molecule has 0 bridgehead atoms. The standard InChI is InChI=1S/C14H21FN4/c1-9(2)12(10(3)4)7-16-14-17-13-6-5-11(15)8-19(13)18-14/h5-6,8-10,12H,7H2,1-4H3,(H,16,18). The maximum Gasteiger partial charge on any atom is 0.243 e. The minimum absolute atomic E-state index is 0.314. The van der Waals surface area contributed by atoms with Crippen LogP contribution >= 0.6 is 0 Å². The highest BCUT2D eigenvalue weighted by Crippen LogP contribution is 2.20. The molecule has 2 aromatic heterocycles. The Kier molecular flexibility index (Phi) is 4.02. The lowest BCUT2D eigenvalue weighted by molar-refractivity contribution is 0.304. The minimum atomic E-state index is -0.314. The van der Waals surface area contributed by atoms with Gasteiger partial charge in [-0.2, -0.15) is 4.98 Å². The summed E-state index contributed by atoms with van der Waals surface area (Å²) in [4.78, 5) is 4.32. The molecule has 0 atom stereocenters. The van der Waals surface area contributed by atoms with Crippen LogP contribution in [0.2, 0.25) is 0 Å². The average molecular weight is 264 g/mol. The van der Waals surface area contributed by atoms with Crippen molar-refractivity contribution in [1.29, 1.82) is 0 Å². The summed E-state index contributed by atoms with van der Waals surface area (Å²) >= 11 is 0. The summed E-state index contributed by atoms with van der Waals surface area (Å²) in [6.45, 7) is 9.71. The number of nitrogens with one attached hydrogen (secondary N) is 1. The fraction of sp³-hybridized carbons (Fsp3) is 0.571. The first-order valence-electron chi connectivity index (χ1n) is 6.73. The lowest BCUT2D eigenvalue weighted by Crippen LogP contribution is -2.24. The Balaban J connectivity index is 2.09. The maximum absolute atomic E-state index is 13.1. The average Bonchev–Trinajstić information content (AvgIpc) is 2.70. The van der Waals surface area contributed by atoms with Gasteiger partial charge in [0.1, 0.15) is 5.82 Å². The third kappa shape index (κ3) is 3.22. The van der Waals surface area contributed by atoms with E-state index in [-0.39, 0.29) is 5.82 Å². The van der Waals surface area contributed by atoms with Gasteiger partial charge in [-0.3, -0.25) is 0 Å². The first-order chi connectivity index (χ1) is 8.97. The van der Waals surface area contributed by atoms with Crippen LogP contribution in [0.25, 0.3) is 5.65 Å². The third-order valence-electron chi connectivity index (χ3n) is 3.50. The van der Waals surface area contributed by atoms with Gasteiger partial charge < -0.3 is 5.32 Å². The molecule has 0 aliphatic heterocycles. The second-order valence-electron chi connectivity index (χ2n) is 5.62. The van der Waals surface area contributed by atoms with Gasteiger partial charge in [-0.15, -0.1) is 5.10 Å². The highest BCUT2D eigenvalue weighted by molar-refractivity contribution is 5.43. The molecular weight excluding hydrogens is 243 g/mol. The van der Waals surface area contributed by atoms with Crippen LogP contribution in [0.5, 0.6) is 0 Å². The summed E-state index contributed by atoms with van der Waals surface area (Å²) in [6.07, 6.45) is 1.33. The van der Waals surface area contributed by atoms with Gasteiger partial charge >= 0.3 is 0 Å². The molecular formula is C14H21FN4. The van der Waals surface area contributed by atoms with E-state index in [1.54, 1.807) is 6.07 Å². The maximum atomic E-state index is 13.1. The van der Waals surface area contributed by atoms with Crippen molar-refractivity contribution >= 4 is 11.6 Å².